The Hall–Kier alpha value is -1.11. The van der Waals surface area contributed by atoms with Crippen LogP contribution in [0.2, 0.25) is 0 Å². The summed E-state index contributed by atoms with van der Waals surface area (Å²) in [6.07, 6.45) is 2.84. The predicted molar refractivity (Wildman–Crippen MR) is 45.2 cm³/mol. The van der Waals surface area contributed by atoms with Gasteiger partial charge in [-0.05, 0) is 12.0 Å². The molecule has 0 aliphatic heterocycles. The van der Waals surface area contributed by atoms with Crippen LogP contribution in [0.5, 0.6) is 0 Å². The van der Waals surface area contributed by atoms with E-state index in [1.807, 2.05) is 43.5 Å². The van der Waals surface area contributed by atoms with Crippen LogP contribution in [0.15, 0.2) is 30.3 Å². The number of rotatable bonds is 3. The molecule has 0 spiro atoms. The van der Waals surface area contributed by atoms with Gasteiger partial charge < -0.3 is 0 Å². The third-order valence-electron chi connectivity index (χ3n) is 1.75. The molecular formula is C10H11O. The average Bonchev–Trinajstić information content (AvgIpc) is 2.09. The summed E-state index contributed by atoms with van der Waals surface area (Å²) in [5.41, 5.74) is 1.06. The van der Waals surface area contributed by atoms with Gasteiger partial charge in [0, 0.05) is 0 Å². The minimum atomic E-state index is -0.0452. The monoisotopic (exact) mass is 147 g/mol. The molecule has 1 aromatic rings. The van der Waals surface area contributed by atoms with Crippen LogP contribution in [0.3, 0.4) is 0 Å². The van der Waals surface area contributed by atoms with Gasteiger partial charge in [0.05, 0.1) is 5.92 Å². The smallest absolute Gasteiger partial charge is 0.206 e. The van der Waals surface area contributed by atoms with Gasteiger partial charge in [0.15, 0.2) is 0 Å². The molecule has 1 rings (SSSR count). The highest BCUT2D eigenvalue weighted by atomic mass is 16.1. The Morgan fingerprint density at radius 2 is 2.00 bits per heavy atom. The summed E-state index contributed by atoms with van der Waals surface area (Å²) in [6, 6.07) is 9.74. The van der Waals surface area contributed by atoms with Crippen molar-refractivity contribution in [2.75, 3.05) is 0 Å². The van der Waals surface area contributed by atoms with Gasteiger partial charge in [-0.2, -0.15) is 0 Å². The molecule has 57 valence electrons. The SMILES string of the molecule is CC[C@@H]([C]=O)c1ccccc1. The molecule has 0 aromatic heterocycles. The van der Waals surface area contributed by atoms with Gasteiger partial charge in [0.25, 0.3) is 0 Å². The summed E-state index contributed by atoms with van der Waals surface area (Å²) in [4.78, 5) is 10.4. The molecule has 1 nitrogen and oxygen atoms in total. The predicted octanol–water partition coefficient (Wildman–Crippen LogP) is 2.29. The van der Waals surface area contributed by atoms with Crippen molar-refractivity contribution in [1.82, 2.24) is 0 Å². The van der Waals surface area contributed by atoms with Crippen molar-refractivity contribution < 1.29 is 4.79 Å². The van der Waals surface area contributed by atoms with E-state index >= 15 is 0 Å². The van der Waals surface area contributed by atoms with E-state index in [-0.39, 0.29) is 5.92 Å². The van der Waals surface area contributed by atoms with E-state index in [1.54, 1.807) is 0 Å². The highest BCUT2D eigenvalue weighted by Crippen LogP contribution is 2.15. The summed E-state index contributed by atoms with van der Waals surface area (Å²) in [6.45, 7) is 1.99. The molecule has 1 radical (unpaired) electrons. The fourth-order valence-corrected chi connectivity index (χ4v) is 1.07. The molecule has 0 N–H and O–H groups in total. The van der Waals surface area contributed by atoms with Crippen LogP contribution in [0.1, 0.15) is 24.8 Å². The first-order valence-electron chi connectivity index (χ1n) is 3.81. The van der Waals surface area contributed by atoms with E-state index in [9.17, 15) is 4.79 Å². The summed E-state index contributed by atoms with van der Waals surface area (Å²) in [5, 5.41) is 0. The Kier molecular flexibility index (Phi) is 2.84. The van der Waals surface area contributed by atoms with Gasteiger partial charge in [-0.1, -0.05) is 37.3 Å². The molecule has 1 atom stereocenters. The van der Waals surface area contributed by atoms with Crippen molar-refractivity contribution in [3.8, 4) is 0 Å². The van der Waals surface area contributed by atoms with Gasteiger partial charge in [-0.25, -0.2) is 0 Å². The first kappa shape index (κ1) is 7.99. The number of benzene rings is 1. The van der Waals surface area contributed by atoms with Crippen LogP contribution >= 0.6 is 0 Å². The van der Waals surface area contributed by atoms with E-state index < -0.39 is 0 Å². The lowest BCUT2D eigenvalue weighted by atomic mass is 9.98. The van der Waals surface area contributed by atoms with Crippen LogP contribution in [0.4, 0.5) is 0 Å². The second kappa shape index (κ2) is 3.91. The van der Waals surface area contributed by atoms with E-state index in [0.29, 0.717) is 0 Å². The van der Waals surface area contributed by atoms with Crippen LogP contribution in [-0.4, -0.2) is 6.29 Å². The van der Waals surface area contributed by atoms with Gasteiger partial charge in [0.1, 0.15) is 0 Å². The maximum absolute atomic E-state index is 10.4. The number of hydrogen-bond acceptors (Lipinski definition) is 1. The second-order valence-electron chi connectivity index (χ2n) is 2.49. The molecular weight excluding hydrogens is 136 g/mol. The maximum atomic E-state index is 10.4. The Morgan fingerprint density at radius 3 is 2.45 bits per heavy atom. The number of carbonyl (C=O) groups excluding carboxylic acids is 1. The zero-order chi connectivity index (χ0) is 8.10. The minimum Gasteiger partial charge on any atom is -0.290 e. The molecule has 0 heterocycles. The average molecular weight is 147 g/mol. The van der Waals surface area contributed by atoms with Gasteiger partial charge in [-0.3, -0.25) is 4.79 Å². The Labute approximate surface area is 67.1 Å². The number of hydrogen-bond donors (Lipinski definition) is 0. The maximum Gasteiger partial charge on any atom is 0.206 e. The lowest BCUT2D eigenvalue weighted by Gasteiger charge is -2.04. The Bertz CT molecular complexity index is 216. The fourth-order valence-electron chi connectivity index (χ4n) is 1.07. The molecule has 0 fully saturated rings. The van der Waals surface area contributed by atoms with Crippen LogP contribution in [0, 0.1) is 0 Å². The van der Waals surface area contributed by atoms with E-state index in [2.05, 4.69) is 0 Å². The lowest BCUT2D eigenvalue weighted by molar-refractivity contribution is 0.540. The van der Waals surface area contributed by atoms with Crippen molar-refractivity contribution in [1.29, 1.82) is 0 Å². The van der Waals surface area contributed by atoms with Crippen LogP contribution in [-0.2, 0) is 4.79 Å². The second-order valence-corrected chi connectivity index (χ2v) is 2.49. The Balaban J connectivity index is 2.82. The van der Waals surface area contributed by atoms with E-state index in [0.717, 1.165) is 12.0 Å². The molecule has 0 saturated carbocycles. The normalized spacial score (nSPS) is 12.5. The molecule has 1 heteroatoms. The first-order valence-corrected chi connectivity index (χ1v) is 3.81. The molecule has 1 aromatic carbocycles. The molecule has 0 bridgehead atoms. The van der Waals surface area contributed by atoms with E-state index in [1.165, 1.54) is 0 Å². The molecule has 0 amide bonds. The third kappa shape index (κ3) is 1.90. The van der Waals surface area contributed by atoms with Crippen molar-refractivity contribution in [2.45, 2.75) is 19.3 Å². The van der Waals surface area contributed by atoms with Gasteiger partial charge in [0.2, 0.25) is 6.29 Å². The highest BCUT2D eigenvalue weighted by molar-refractivity contribution is 5.62. The minimum absolute atomic E-state index is 0.0452. The first-order chi connectivity index (χ1) is 5.38. The largest absolute Gasteiger partial charge is 0.290 e. The molecule has 0 aliphatic rings. The standard InChI is InChI=1S/C10H11O/c1-2-9(8-11)10-6-4-3-5-7-10/h3-7,9H,2H2,1H3/t9-/m0/s1. The van der Waals surface area contributed by atoms with Crippen molar-refractivity contribution >= 4 is 6.29 Å². The summed E-state index contributed by atoms with van der Waals surface area (Å²) in [7, 11) is 0. The zero-order valence-corrected chi connectivity index (χ0v) is 6.58. The zero-order valence-electron chi connectivity index (χ0n) is 6.58. The Morgan fingerprint density at radius 1 is 1.36 bits per heavy atom. The summed E-state index contributed by atoms with van der Waals surface area (Å²) in [5.74, 6) is -0.0452. The van der Waals surface area contributed by atoms with E-state index in [4.69, 9.17) is 0 Å². The third-order valence-corrected chi connectivity index (χ3v) is 1.75. The van der Waals surface area contributed by atoms with Crippen LogP contribution in [0.25, 0.3) is 0 Å². The quantitative estimate of drug-likeness (QED) is 0.641. The summed E-state index contributed by atoms with van der Waals surface area (Å²) < 4.78 is 0. The topological polar surface area (TPSA) is 17.1 Å². The molecule has 0 unspecified atom stereocenters. The van der Waals surface area contributed by atoms with Crippen molar-refractivity contribution in [2.24, 2.45) is 0 Å². The summed E-state index contributed by atoms with van der Waals surface area (Å²) >= 11 is 0. The fraction of sp³-hybridized carbons (Fsp3) is 0.300. The molecule has 0 saturated heterocycles. The molecule has 11 heavy (non-hydrogen) atoms. The highest BCUT2D eigenvalue weighted by Gasteiger charge is 2.06. The van der Waals surface area contributed by atoms with Crippen molar-refractivity contribution in [3.63, 3.8) is 0 Å². The molecule has 0 aliphatic carbocycles. The van der Waals surface area contributed by atoms with Crippen molar-refractivity contribution in [3.05, 3.63) is 35.9 Å². The van der Waals surface area contributed by atoms with Gasteiger partial charge in [-0.15, -0.1) is 0 Å². The van der Waals surface area contributed by atoms with Crippen LogP contribution < -0.4 is 0 Å². The van der Waals surface area contributed by atoms with Gasteiger partial charge >= 0.3 is 0 Å². The lowest BCUT2D eigenvalue weighted by Crippen LogP contribution is -1.96.